The van der Waals surface area contributed by atoms with E-state index >= 15 is 0 Å². The largest absolute Gasteiger partial charge is 0.381 e. The summed E-state index contributed by atoms with van der Waals surface area (Å²) in [4.78, 5) is 9.33. The lowest BCUT2D eigenvalue weighted by molar-refractivity contribution is 0.149. The molecule has 4 nitrogen and oxygen atoms in total. The van der Waals surface area contributed by atoms with Crippen molar-refractivity contribution in [2.75, 3.05) is 25.1 Å². The van der Waals surface area contributed by atoms with Gasteiger partial charge in [0.15, 0.2) is 0 Å². The molecule has 0 saturated heterocycles. The van der Waals surface area contributed by atoms with Gasteiger partial charge in [-0.25, -0.2) is 9.97 Å². The molecule has 1 aromatic carbocycles. The summed E-state index contributed by atoms with van der Waals surface area (Å²) in [6.07, 6.45) is 0.725. The van der Waals surface area contributed by atoms with Crippen molar-refractivity contribution in [1.82, 2.24) is 9.97 Å². The van der Waals surface area contributed by atoms with Gasteiger partial charge in [0.25, 0.3) is 0 Å². The molecule has 0 aliphatic rings. The minimum atomic E-state index is 0.650. The summed E-state index contributed by atoms with van der Waals surface area (Å²) in [6.45, 7) is 6.27. The van der Waals surface area contributed by atoms with Gasteiger partial charge in [-0.1, -0.05) is 30.3 Å². The minimum Gasteiger partial charge on any atom is -0.381 e. The van der Waals surface area contributed by atoms with Crippen LogP contribution in [0.2, 0.25) is 0 Å². The molecule has 1 heterocycles. The van der Waals surface area contributed by atoms with E-state index in [0.717, 1.165) is 46.0 Å². The van der Waals surface area contributed by atoms with Crippen LogP contribution in [0, 0.1) is 3.57 Å². The molecule has 0 unspecified atom stereocenters. The van der Waals surface area contributed by atoms with Gasteiger partial charge in [0.2, 0.25) is 0 Å². The molecule has 2 aromatic rings. The van der Waals surface area contributed by atoms with Crippen LogP contribution in [0.1, 0.15) is 19.7 Å². The zero-order valence-electron chi connectivity index (χ0n) is 12.4. The molecule has 5 heteroatoms. The fourth-order valence-corrected chi connectivity index (χ4v) is 2.73. The van der Waals surface area contributed by atoms with Crippen molar-refractivity contribution in [3.63, 3.8) is 0 Å². The number of hydrogen-bond donors (Lipinski definition) is 1. The first-order valence-corrected chi connectivity index (χ1v) is 8.27. The Morgan fingerprint density at radius 1 is 1.14 bits per heavy atom. The molecule has 1 N–H and O–H groups in total. The second kappa shape index (κ2) is 8.29. The topological polar surface area (TPSA) is 47.0 Å². The standard InChI is InChI=1S/C16H20IN3O/c1-3-18-16-14(17)15(12-8-6-5-7-9-12)19-13(20-16)10-11-21-4-2/h5-9H,3-4,10-11H2,1-2H3,(H,18,19,20). The van der Waals surface area contributed by atoms with E-state index < -0.39 is 0 Å². The number of rotatable bonds is 7. The predicted molar refractivity (Wildman–Crippen MR) is 94.5 cm³/mol. The molecule has 0 aliphatic heterocycles. The Kier molecular flexibility index (Phi) is 6.38. The number of hydrogen-bond acceptors (Lipinski definition) is 4. The number of benzene rings is 1. The van der Waals surface area contributed by atoms with E-state index in [4.69, 9.17) is 9.72 Å². The van der Waals surface area contributed by atoms with Gasteiger partial charge in [-0.2, -0.15) is 0 Å². The average molecular weight is 397 g/mol. The summed E-state index contributed by atoms with van der Waals surface area (Å²) in [7, 11) is 0. The van der Waals surface area contributed by atoms with Crippen molar-refractivity contribution in [1.29, 1.82) is 0 Å². The van der Waals surface area contributed by atoms with Crippen LogP contribution in [-0.4, -0.2) is 29.7 Å². The first-order valence-electron chi connectivity index (χ1n) is 7.19. The Morgan fingerprint density at radius 2 is 1.90 bits per heavy atom. The van der Waals surface area contributed by atoms with Crippen LogP contribution in [0.3, 0.4) is 0 Å². The monoisotopic (exact) mass is 397 g/mol. The number of nitrogens with zero attached hydrogens (tertiary/aromatic N) is 2. The number of aromatic nitrogens is 2. The second-order valence-electron chi connectivity index (χ2n) is 4.49. The molecule has 2 rings (SSSR count). The fourth-order valence-electron chi connectivity index (χ4n) is 1.98. The summed E-state index contributed by atoms with van der Waals surface area (Å²) in [5.41, 5.74) is 2.09. The predicted octanol–water partition coefficient (Wildman–Crippen LogP) is 3.76. The van der Waals surface area contributed by atoms with Crippen molar-refractivity contribution in [2.45, 2.75) is 20.3 Å². The number of nitrogens with one attached hydrogen (secondary N) is 1. The van der Waals surface area contributed by atoms with Crippen LogP contribution in [0.25, 0.3) is 11.3 Å². The van der Waals surface area contributed by atoms with Gasteiger partial charge in [-0.3, -0.25) is 0 Å². The molecular formula is C16H20IN3O. The van der Waals surface area contributed by atoms with Gasteiger partial charge in [-0.15, -0.1) is 0 Å². The van der Waals surface area contributed by atoms with Gasteiger partial charge < -0.3 is 10.1 Å². The lowest BCUT2D eigenvalue weighted by Gasteiger charge is -2.12. The van der Waals surface area contributed by atoms with E-state index in [2.05, 4.69) is 51.9 Å². The fraction of sp³-hybridized carbons (Fsp3) is 0.375. The minimum absolute atomic E-state index is 0.650. The molecule has 0 saturated carbocycles. The lowest BCUT2D eigenvalue weighted by Crippen LogP contribution is -2.10. The van der Waals surface area contributed by atoms with E-state index in [1.54, 1.807) is 0 Å². The van der Waals surface area contributed by atoms with Gasteiger partial charge in [0.1, 0.15) is 11.6 Å². The SMILES string of the molecule is CCNc1nc(CCOCC)nc(-c2ccccc2)c1I. The van der Waals surface area contributed by atoms with Crippen LogP contribution in [-0.2, 0) is 11.2 Å². The highest BCUT2D eigenvalue weighted by Crippen LogP contribution is 2.28. The zero-order valence-corrected chi connectivity index (χ0v) is 14.6. The second-order valence-corrected chi connectivity index (χ2v) is 5.57. The third-order valence-electron chi connectivity index (χ3n) is 2.96. The van der Waals surface area contributed by atoms with Crippen LogP contribution in [0.4, 0.5) is 5.82 Å². The van der Waals surface area contributed by atoms with Crippen molar-refractivity contribution < 1.29 is 4.74 Å². The summed E-state index contributed by atoms with van der Waals surface area (Å²) in [5.74, 6) is 1.72. The zero-order chi connectivity index (χ0) is 15.1. The maximum atomic E-state index is 5.41. The van der Waals surface area contributed by atoms with Crippen molar-refractivity contribution in [3.8, 4) is 11.3 Å². The normalized spacial score (nSPS) is 10.6. The maximum absolute atomic E-state index is 5.41. The Labute approximate surface area is 139 Å². The number of ether oxygens (including phenoxy) is 1. The van der Waals surface area contributed by atoms with Crippen LogP contribution < -0.4 is 5.32 Å². The van der Waals surface area contributed by atoms with Gasteiger partial charge in [-0.05, 0) is 36.4 Å². The third kappa shape index (κ3) is 4.38. The van der Waals surface area contributed by atoms with E-state index in [1.165, 1.54) is 0 Å². The Morgan fingerprint density at radius 3 is 2.57 bits per heavy atom. The molecule has 0 aliphatic carbocycles. The molecule has 0 bridgehead atoms. The molecule has 0 spiro atoms. The lowest BCUT2D eigenvalue weighted by atomic mass is 10.1. The smallest absolute Gasteiger partial charge is 0.143 e. The van der Waals surface area contributed by atoms with E-state index in [9.17, 15) is 0 Å². The highest BCUT2D eigenvalue weighted by atomic mass is 127. The van der Waals surface area contributed by atoms with Gasteiger partial charge in [0.05, 0.1) is 15.9 Å². The highest BCUT2D eigenvalue weighted by molar-refractivity contribution is 14.1. The van der Waals surface area contributed by atoms with Crippen molar-refractivity contribution in [2.24, 2.45) is 0 Å². The van der Waals surface area contributed by atoms with Gasteiger partial charge in [0, 0.05) is 25.1 Å². The maximum Gasteiger partial charge on any atom is 0.143 e. The van der Waals surface area contributed by atoms with E-state index in [0.29, 0.717) is 6.61 Å². The first kappa shape index (κ1) is 16.2. The quantitative estimate of drug-likeness (QED) is 0.571. The molecule has 0 radical (unpaired) electrons. The summed E-state index contributed by atoms with van der Waals surface area (Å²) < 4.78 is 6.47. The van der Waals surface area contributed by atoms with Crippen LogP contribution in [0.5, 0.6) is 0 Å². The molecular weight excluding hydrogens is 377 g/mol. The average Bonchev–Trinajstić information content (AvgIpc) is 2.51. The molecule has 0 amide bonds. The highest BCUT2D eigenvalue weighted by Gasteiger charge is 2.13. The van der Waals surface area contributed by atoms with E-state index in [-0.39, 0.29) is 0 Å². The molecule has 1 aromatic heterocycles. The van der Waals surface area contributed by atoms with Gasteiger partial charge >= 0.3 is 0 Å². The van der Waals surface area contributed by atoms with Crippen molar-refractivity contribution >= 4 is 28.4 Å². The Bertz CT molecular complexity index is 575. The molecule has 0 atom stereocenters. The first-order chi connectivity index (χ1) is 10.3. The molecule has 0 fully saturated rings. The summed E-state index contributed by atoms with van der Waals surface area (Å²) >= 11 is 2.31. The molecule has 21 heavy (non-hydrogen) atoms. The van der Waals surface area contributed by atoms with Crippen LogP contribution in [0.15, 0.2) is 30.3 Å². The third-order valence-corrected chi connectivity index (χ3v) is 3.98. The molecule has 112 valence electrons. The Balaban J connectivity index is 2.37. The summed E-state index contributed by atoms with van der Waals surface area (Å²) in [6, 6.07) is 10.2. The summed E-state index contributed by atoms with van der Waals surface area (Å²) in [5, 5.41) is 3.32. The van der Waals surface area contributed by atoms with E-state index in [1.807, 2.05) is 25.1 Å². The number of halogens is 1. The Hall–Kier alpha value is -1.21. The van der Waals surface area contributed by atoms with Crippen molar-refractivity contribution in [3.05, 3.63) is 39.7 Å². The number of anilines is 1. The van der Waals surface area contributed by atoms with Crippen LogP contribution >= 0.6 is 22.6 Å².